The fraction of sp³-hybridized carbons (Fsp3) is 0.261. The van der Waals surface area contributed by atoms with Crippen LogP contribution in [0, 0.1) is 0 Å². The van der Waals surface area contributed by atoms with Crippen LogP contribution in [0.2, 0.25) is 0 Å². The van der Waals surface area contributed by atoms with E-state index in [1.807, 2.05) is 24.3 Å². The van der Waals surface area contributed by atoms with Gasteiger partial charge in [-0.15, -0.1) is 5.10 Å². The summed E-state index contributed by atoms with van der Waals surface area (Å²) in [7, 11) is 0. The first-order chi connectivity index (χ1) is 14.4. The summed E-state index contributed by atoms with van der Waals surface area (Å²) in [5, 5.41) is 11.5. The van der Waals surface area contributed by atoms with Gasteiger partial charge in [0.05, 0.1) is 6.20 Å². The van der Waals surface area contributed by atoms with Crippen LogP contribution in [0.4, 0.5) is 11.8 Å². The molecule has 1 aromatic heterocycles. The topological polar surface area (TPSA) is 57.2 Å². The molecule has 0 unspecified atom stereocenters. The fourth-order valence-electron chi connectivity index (χ4n) is 3.36. The zero-order chi connectivity index (χ0) is 19.7. The highest BCUT2D eigenvalue weighted by Gasteiger charge is 2.18. The molecule has 0 bridgehead atoms. The van der Waals surface area contributed by atoms with Gasteiger partial charge >= 0.3 is 0 Å². The number of aromatic nitrogens is 3. The van der Waals surface area contributed by atoms with Gasteiger partial charge in [0, 0.05) is 39.3 Å². The molecule has 0 atom stereocenters. The summed E-state index contributed by atoms with van der Waals surface area (Å²) in [6.45, 7) is 5.56. The van der Waals surface area contributed by atoms with Gasteiger partial charge in [-0.25, -0.2) is 0 Å². The van der Waals surface area contributed by atoms with E-state index in [4.69, 9.17) is 0 Å². The lowest BCUT2D eigenvalue weighted by Crippen LogP contribution is -2.46. The molecule has 0 spiro atoms. The van der Waals surface area contributed by atoms with Gasteiger partial charge in [-0.3, -0.25) is 4.90 Å². The van der Waals surface area contributed by atoms with Crippen molar-refractivity contribution in [3.05, 3.63) is 84.1 Å². The molecule has 3 aromatic rings. The van der Waals surface area contributed by atoms with Crippen LogP contribution in [0.5, 0.6) is 0 Å². The molecule has 1 saturated heterocycles. The molecule has 2 heterocycles. The predicted molar refractivity (Wildman–Crippen MR) is 118 cm³/mol. The molecule has 1 aliphatic rings. The minimum absolute atomic E-state index is 0.569. The molecule has 1 N–H and O–H groups in total. The smallest absolute Gasteiger partial charge is 0.244 e. The molecular weight excluding hydrogens is 360 g/mol. The predicted octanol–water partition coefficient (Wildman–Crippen LogP) is 3.32. The van der Waals surface area contributed by atoms with Crippen molar-refractivity contribution in [1.29, 1.82) is 0 Å². The molecule has 2 aromatic carbocycles. The molecule has 1 fully saturated rings. The number of hydrogen-bond donors (Lipinski definition) is 1. The lowest BCUT2D eigenvalue weighted by Gasteiger charge is -2.34. The highest BCUT2D eigenvalue weighted by Crippen LogP contribution is 2.14. The number of benzene rings is 2. The average molecular weight is 387 g/mol. The molecule has 0 saturated carbocycles. The van der Waals surface area contributed by atoms with Gasteiger partial charge in [0.2, 0.25) is 5.95 Å². The minimum Gasteiger partial charge on any atom is -0.353 e. The first kappa shape index (κ1) is 19.1. The molecule has 1 aliphatic heterocycles. The third kappa shape index (κ3) is 5.62. The van der Waals surface area contributed by atoms with Crippen molar-refractivity contribution < 1.29 is 0 Å². The minimum atomic E-state index is 0.569. The summed E-state index contributed by atoms with van der Waals surface area (Å²) in [6.07, 6.45) is 6.17. The van der Waals surface area contributed by atoms with Crippen molar-refractivity contribution in [2.45, 2.75) is 6.54 Å². The number of nitrogens with one attached hydrogen (secondary N) is 1. The highest BCUT2D eigenvalue weighted by molar-refractivity contribution is 5.48. The molecule has 0 aliphatic carbocycles. The van der Waals surface area contributed by atoms with Crippen molar-refractivity contribution in [1.82, 2.24) is 20.1 Å². The molecule has 0 radical (unpaired) electrons. The zero-order valence-corrected chi connectivity index (χ0v) is 16.5. The van der Waals surface area contributed by atoms with Gasteiger partial charge in [0.15, 0.2) is 5.82 Å². The SMILES string of the molecule is C(=C\c1ccccc1)/CN1CCN(c2cnnc(NCc3ccccc3)n2)CC1. The normalized spacial score (nSPS) is 15.0. The van der Waals surface area contributed by atoms with Gasteiger partial charge < -0.3 is 10.2 Å². The lowest BCUT2D eigenvalue weighted by atomic mass is 10.2. The Balaban J connectivity index is 1.26. The molecule has 0 amide bonds. The maximum absolute atomic E-state index is 4.65. The molecular formula is C23H26N6. The van der Waals surface area contributed by atoms with E-state index in [1.165, 1.54) is 11.1 Å². The number of anilines is 2. The summed E-state index contributed by atoms with van der Waals surface area (Å²) in [6, 6.07) is 20.7. The Bertz CT molecular complexity index is 905. The van der Waals surface area contributed by atoms with Crippen molar-refractivity contribution in [3.8, 4) is 0 Å². The summed E-state index contributed by atoms with van der Waals surface area (Å²) in [5.74, 6) is 1.45. The van der Waals surface area contributed by atoms with Crippen LogP contribution >= 0.6 is 0 Å². The molecule has 29 heavy (non-hydrogen) atoms. The third-order valence-corrected chi connectivity index (χ3v) is 5.01. The standard InChI is InChI=1S/C23H26N6/c1-3-8-20(9-4-1)12-7-13-28-14-16-29(17-15-28)22-19-25-27-23(26-22)24-18-21-10-5-2-6-11-21/h1-12,19H,13-18H2,(H,24,26,27)/b12-7+. The second-order valence-electron chi connectivity index (χ2n) is 7.08. The van der Waals surface area contributed by atoms with E-state index in [9.17, 15) is 0 Å². The van der Waals surface area contributed by atoms with Crippen molar-refractivity contribution >= 4 is 17.8 Å². The van der Waals surface area contributed by atoms with Crippen molar-refractivity contribution in [2.24, 2.45) is 0 Å². The van der Waals surface area contributed by atoms with E-state index in [2.05, 4.69) is 78.8 Å². The van der Waals surface area contributed by atoms with E-state index < -0.39 is 0 Å². The second kappa shape index (κ2) is 9.80. The summed E-state index contributed by atoms with van der Waals surface area (Å²) < 4.78 is 0. The van der Waals surface area contributed by atoms with Gasteiger partial charge in [0.25, 0.3) is 0 Å². The average Bonchev–Trinajstić information content (AvgIpc) is 2.80. The fourth-order valence-corrected chi connectivity index (χ4v) is 3.36. The quantitative estimate of drug-likeness (QED) is 0.672. The molecule has 4 rings (SSSR count). The third-order valence-electron chi connectivity index (χ3n) is 5.01. The summed E-state index contributed by atoms with van der Waals surface area (Å²) >= 11 is 0. The van der Waals surface area contributed by atoms with E-state index in [-0.39, 0.29) is 0 Å². The second-order valence-corrected chi connectivity index (χ2v) is 7.08. The Hall–Kier alpha value is -3.25. The van der Waals surface area contributed by atoms with Crippen LogP contribution < -0.4 is 10.2 Å². The lowest BCUT2D eigenvalue weighted by molar-refractivity contribution is 0.283. The van der Waals surface area contributed by atoms with Crippen molar-refractivity contribution in [2.75, 3.05) is 42.9 Å². The van der Waals surface area contributed by atoms with Crippen LogP contribution in [-0.4, -0.2) is 52.8 Å². The van der Waals surface area contributed by atoms with Crippen LogP contribution in [0.1, 0.15) is 11.1 Å². The maximum atomic E-state index is 4.65. The zero-order valence-electron chi connectivity index (χ0n) is 16.5. The van der Waals surface area contributed by atoms with Gasteiger partial charge in [0.1, 0.15) is 0 Å². The van der Waals surface area contributed by atoms with E-state index in [0.29, 0.717) is 12.5 Å². The Kier molecular flexibility index (Phi) is 6.45. The van der Waals surface area contributed by atoms with Gasteiger partial charge in [-0.2, -0.15) is 10.1 Å². The Morgan fingerprint density at radius 2 is 1.62 bits per heavy atom. The van der Waals surface area contributed by atoms with Crippen molar-refractivity contribution in [3.63, 3.8) is 0 Å². The number of rotatable bonds is 7. The van der Waals surface area contributed by atoms with E-state index >= 15 is 0 Å². The Morgan fingerprint density at radius 1 is 0.897 bits per heavy atom. The number of hydrogen-bond acceptors (Lipinski definition) is 6. The summed E-state index contributed by atoms with van der Waals surface area (Å²) in [4.78, 5) is 9.38. The Labute approximate surface area is 171 Å². The van der Waals surface area contributed by atoms with Crippen LogP contribution in [0.25, 0.3) is 6.08 Å². The monoisotopic (exact) mass is 386 g/mol. The van der Waals surface area contributed by atoms with Crippen LogP contribution in [-0.2, 0) is 6.54 Å². The first-order valence-corrected chi connectivity index (χ1v) is 10.0. The largest absolute Gasteiger partial charge is 0.353 e. The molecule has 6 heteroatoms. The van der Waals surface area contributed by atoms with E-state index in [0.717, 1.165) is 38.5 Å². The van der Waals surface area contributed by atoms with Crippen LogP contribution in [0.3, 0.4) is 0 Å². The van der Waals surface area contributed by atoms with Crippen LogP contribution in [0.15, 0.2) is 72.9 Å². The van der Waals surface area contributed by atoms with E-state index in [1.54, 1.807) is 6.20 Å². The van der Waals surface area contributed by atoms with Gasteiger partial charge in [-0.1, -0.05) is 72.8 Å². The van der Waals surface area contributed by atoms with Gasteiger partial charge in [-0.05, 0) is 11.1 Å². The first-order valence-electron chi connectivity index (χ1n) is 10.0. The summed E-state index contributed by atoms with van der Waals surface area (Å²) in [5.41, 5.74) is 2.44. The maximum Gasteiger partial charge on any atom is 0.244 e. The molecule has 6 nitrogen and oxygen atoms in total. The molecule has 148 valence electrons. The highest BCUT2D eigenvalue weighted by atomic mass is 15.3. The Morgan fingerprint density at radius 3 is 2.38 bits per heavy atom. The number of nitrogens with zero attached hydrogens (tertiary/aromatic N) is 5. The number of piperazine rings is 1.